The zero-order valence-electron chi connectivity index (χ0n) is 97.7. The summed E-state index contributed by atoms with van der Waals surface area (Å²) in [5, 5.41) is 6.96. The van der Waals surface area contributed by atoms with Gasteiger partial charge in [0, 0.05) is 120 Å². The molecule has 0 saturated heterocycles. The van der Waals surface area contributed by atoms with Crippen LogP contribution in [0.15, 0.2) is 133 Å². The third kappa shape index (κ3) is 54.7. The molecule has 4 nitrogen and oxygen atoms in total. The number of nitrogens with zero attached hydrogens (tertiary/aromatic N) is 4. The van der Waals surface area contributed by atoms with Gasteiger partial charge in [0.1, 0.15) is 0 Å². The van der Waals surface area contributed by atoms with Gasteiger partial charge in [0.15, 0.2) is 0 Å². The lowest BCUT2D eigenvalue weighted by Gasteiger charge is -2.25. The van der Waals surface area contributed by atoms with E-state index in [1.165, 1.54) is 547 Å². The van der Waals surface area contributed by atoms with Crippen LogP contribution in [0.3, 0.4) is 0 Å². The fourth-order valence-electron chi connectivity index (χ4n) is 22.8. The molecule has 0 aromatic heterocycles. The first kappa shape index (κ1) is 125. The van der Waals surface area contributed by atoms with Gasteiger partial charge in [-0.15, -0.1) is 0 Å². The maximum absolute atomic E-state index is 3.91. The highest BCUT2D eigenvalue weighted by atomic mass is 15.1. The molecule has 8 aromatic rings. The van der Waals surface area contributed by atoms with Crippen LogP contribution in [0.25, 0.3) is 32.3 Å². The van der Waals surface area contributed by atoms with Crippen molar-refractivity contribution in [2.45, 2.75) is 569 Å². The number of hydrogen-bond donors (Lipinski definition) is 0. The Morgan fingerprint density at radius 2 is 0.243 bits per heavy atom. The van der Waals surface area contributed by atoms with Crippen molar-refractivity contribution in [1.82, 2.24) is 0 Å². The van der Waals surface area contributed by atoms with Crippen molar-refractivity contribution in [3.63, 3.8) is 0 Å². The highest BCUT2D eigenvalue weighted by molar-refractivity contribution is 6.27. The summed E-state index contributed by atoms with van der Waals surface area (Å²) in [7, 11) is 0. The zero-order valence-corrected chi connectivity index (χ0v) is 97.7. The van der Waals surface area contributed by atoms with E-state index in [0.717, 1.165) is 118 Å². The predicted octanol–water partition coefficient (Wildman–Crippen LogP) is 44.8. The maximum atomic E-state index is 3.91. The fourth-order valence-corrected chi connectivity index (χ4v) is 22.8. The molecule has 8 aromatic carbocycles. The second-order valence-corrected chi connectivity index (χ2v) is 45.6. The van der Waals surface area contributed by atoms with Crippen molar-refractivity contribution in [2.24, 2.45) is 0 Å². The second-order valence-electron chi connectivity index (χ2n) is 45.6. The Morgan fingerprint density at radius 3 is 0.365 bits per heavy atom. The first-order valence-electron chi connectivity index (χ1n) is 64.6. The average molecular weight is 2010 g/mol. The molecule has 0 aliphatic carbocycles. The van der Waals surface area contributed by atoms with Gasteiger partial charge in [-0.1, -0.05) is 589 Å². The maximum Gasteiger partial charge on any atom is 0.0367 e. The smallest absolute Gasteiger partial charge is 0.0367 e. The van der Waals surface area contributed by atoms with Crippen LogP contribution >= 0.6 is 0 Å². The van der Waals surface area contributed by atoms with E-state index in [9.17, 15) is 0 Å². The normalized spacial score (nSPS) is 11.4. The summed E-state index contributed by atoms with van der Waals surface area (Å²) in [6.45, 7) is 27.5. The largest absolute Gasteiger partial charge is 0.372 e. The number of benzene rings is 8. The molecule has 0 atom stereocenters. The summed E-state index contributed by atoms with van der Waals surface area (Å²) in [6, 6.07) is 51.7. The molecule has 0 spiro atoms. The fraction of sp³-hybridized carbons (Fsp3) is 0.667. The minimum atomic E-state index is 0.999. The molecule has 148 heavy (non-hydrogen) atoms. The third-order valence-corrected chi connectivity index (χ3v) is 32.4. The molecule has 0 aliphatic heterocycles. The van der Waals surface area contributed by atoms with Gasteiger partial charge in [0.05, 0.1) is 0 Å². The molecule has 0 bridgehead atoms. The quantitative estimate of drug-likeness (QED) is 0.0214. The molecule has 0 aliphatic rings. The number of hydrogen-bond acceptors (Lipinski definition) is 4. The summed E-state index contributed by atoms with van der Waals surface area (Å²) in [5.74, 6) is 30.9. The van der Waals surface area contributed by atoms with Crippen LogP contribution in [0, 0.1) is 47.4 Å². The van der Waals surface area contributed by atoms with Gasteiger partial charge in [-0.3, -0.25) is 0 Å². The molecule has 0 unspecified atom stereocenters. The molecule has 0 saturated carbocycles. The predicted molar refractivity (Wildman–Crippen MR) is 663 cm³/mol. The lowest BCUT2D eigenvalue weighted by molar-refractivity contribution is 0.543. The molecule has 0 N–H and O–H groups in total. The van der Waals surface area contributed by atoms with E-state index < -0.39 is 0 Å². The SMILES string of the molecule is CCCCCCCCCCCCN(CCCCCCCCCCCC)c1ccc(C#Cc2cc(C#Cc3ccc(N(CCCCCCCCCCCC)CCCCCCCCCCCC)cc3)c3ccc4c(C#Cc5ccc(N(CCCCCCCCCCCC)CCCCCCCCCCCC)cc5)cc(C#Cc5ccc(N(CCCCCCCCCCCC)CCCCCCCCCCCC)cc5)c5ccc2c3c54)cc1. The summed E-state index contributed by atoms with van der Waals surface area (Å²) in [5.41, 5.74) is 13.5. The van der Waals surface area contributed by atoms with Crippen LogP contribution in [-0.4, -0.2) is 52.4 Å². The van der Waals surface area contributed by atoms with Gasteiger partial charge in [-0.05, 0) is 193 Å². The Bertz CT molecular complexity index is 4110. The minimum absolute atomic E-state index is 0.999. The number of anilines is 4. The molecule has 0 heterocycles. The second kappa shape index (κ2) is 85.7. The van der Waals surface area contributed by atoms with Gasteiger partial charge in [0.25, 0.3) is 0 Å². The van der Waals surface area contributed by atoms with E-state index in [-0.39, 0.29) is 0 Å². The summed E-state index contributed by atoms with van der Waals surface area (Å²) in [4.78, 5) is 10.9. The first-order chi connectivity index (χ1) is 73.3. The van der Waals surface area contributed by atoms with Gasteiger partial charge >= 0.3 is 0 Å². The third-order valence-electron chi connectivity index (χ3n) is 32.4. The lowest BCUT2D eigenvalue weighted by Crippen LogP contribution is -2.25. The van der Waals surface area contributed by atoms with Gasteiger partial charge in [-0.2, -0.15) is 0 Å². The monoisotopic (exact) mass is 2010 g/mol. The van der Waals surface area contributed by atoms with Crippen LogP contribution in [0.1, 0.15) is 614 Å². The van der Waals surface area contributed by atoms with Crippen molar-refractivity contribution in [2.75, 3.05) is 72.0 Å². The summed E-state index contributed by atoms with van der Waals surface area (Å²) in [6.07, 6.45) is 109. The molecular weight excluding hydrogens is 1790 g/mol. The van der Waals surface area contributed by atoms with Crippen molar-refractivity contribution >= 4 is 55.1 Å². The Kier molecular flexibility index (Phi) is 72.6. The number of rotatable bonds is 92. The molecule has 0 radical (unpaired) electrons. The van der Waals surface area contributed by atoms with E-state index in [0.29, 0.717) is 0 Å². The van der Waals surface area contributed by atoms with E-state index in [1.807, 2.05) is 0 Å². The first-order valence-corrected chi connectivity index (χ1v) is 64.6. The average Bonchev–Trinajstić information content (AvgIpc) is 0.717. The standard InChI is InChI=1S/C144H222N4/c1-9-17-25-33-41-49-57-65-73-81-117-145(118-82-74-66-58-50-42-34-26-18-10-2)135-105-93-127(94-106-135)89-101-131-125-132(102-90-128-95-107-136(108-96-128)146(119-83-75-67-59-51-43-35-27-19-11-3)120-84-76-68-60-52-44-36-28-20-12-4)140-115-116-142-134(104-92-130-99-111-138(112-100-130)148(123-87-79-71-63-55-47-39-31-23-15-7)124-88-80-72-64-56-48-40-32-24-16-8)126-133(141-114-113-139(131)143(140)144(141)142)103-91-129-97-109-137(110-98-129)147(121-85-77-69-61-53-45-37-29-21-13-5)122-86-78-70-62-54-46-38-30-22-14-6/h93-100,105-116,125-126H,9-88,117-124H2,1-8H3. The Morgan fingerprint density at radius 1 is 0.128 bits per heavy atom. The van der Waals surface area contributed by atoms with E-state index in [2.05, 4.69) is 256 Å². The van der Waals surface area contributed by atoms with E-state index in [4.69, 9.17) is 0 Å². The molecule has 0 amide bonds. The van der Waals surface area contributed by atoms with Crippen molar-refractivity contribution < 1.29 is 0 Å². The van der Waals surface area contributed by atoms with Crippen molar-refractivity contribution in [3.8, 4) is 47.4 Å². The van der Waals surface area contributed by atoms with E-state index in [1.54, 1.807) is 0 Å². The minimum Gasteiger partial charge on any atom is -0.372 e. The summed E-state index contributed by atoms with van der Waals surface area (Å²) < 4.78 is 0. The number of unbranched alkanes of at least 4 members (excludes halogenated alkanes) is 72. The molecule has 818 valence electrons. The topological polar surface area (TPSA) is 13.0 Å². The highest BCUT2D eigenvalue weighted by Gasteiger charge is 2.20. The Labute approximate surface area is 915 Å². The Hall–Kier alpha value is -7.76. The zero-order chi connectivity index (χ0) is 104. The van der Waals surface area contributed by atoms with Crippen LogP contribution in [0.4, 0.5) is 22.7 Å². The van der Waals surface area contributed by atoms with Crippen LogP contribution < -0.4 is 19.6 Å². The molecule has 4 heteroatoms. The molecule has 0 fully saturated rings. The van der Waals surface area contributed by atoms with Gasteiger partial charge < -0.3 is 19.6 Å². The van der Waals surface area contributed by atoms with Gasteiger partial charge in [0.2, 0.25) is 0 Å². The van der Waals surface area contributed by atoms with Crippen LogP contribution in [-0.2, 0) is 0 Å². The molecule has 8 rings (SSSR count). The lowest BCUT2D eigenvalue weighted by atomic mass is 9.86. The van der Waals surface area contributed by atoms with E-state index >= 15 is 0 Å². The van der Waals surface area contributed by atoms with Crippen molar-refractivity contribution in [3.05, 3.63) is 178 Å². The van der Waals surface area contributed by atoms with Crippen LogP contribution in [0.5, 0.6) is 0 Å². The highest BCUT2D eigenvalue weighted by Crippen LogP contribution is 2.41. The summed E-state index contributed by atoms with van der Waals surface area (Å²) >= 11 is 0. The van der Waals surface area contributed by atoms with Crippen molar-refractivity contribution in [1.29, 1.82) is 0 Å². The van der Waals surface area contributed by atoms with Gasteiger partial charge in [-0.25, -0.2) is 0 Å². The molecular formula is C144H222N4. The van der Waals surface area contributed by atoms with Crippen LogP contribution in [0.2, 0.25) is 0 Å². The Balaban J connectivity index is 1.20.